The second-order valence-electron chi connectivity index (χ2n) is 15.0. The van der Waals surface area contributed by atoms with Crippen molar-refractivity contribution in [1.82, 2.24) is 38.9 Å². The number of pyridine rings is 1. The van der Waals surface area contributed by atoms with Gasteiger partial charge in [-0.3, -0.25) is 14.6 Å². The van der Waals surface area contributed by atoms with Crippen LogP contribution in [0, 0.1) is 6.92 Å². The summed E-state index contributed by atoms with van der Waals surface area (Å²) in [5.74, 6) is 1.26. The molecule has 14 nitrogen and oxygen atoms in total. The van der Waals surface area contributed by atoms with Crippen molar-refractivity contribution in [3.05, 3.63) is 113 Å². The molecule has 62 heavy (non-hydrogen) atoms. The number of hydrogen-bond donors (Lipinski definition) is 1. The van der Waals surface area contributed by atoms with Crippen LogP contribution in [0.2, 0.25) is 5.02 Å². The fraction of sp³-hybridized carbons (Fsp3) is 0.304. The third-order valence-electron chi connectivity index (χ3n) is 10.9. The summed E-state index contributed by atoms with van der Waals surface area (Å²) in [7, 11) is 3.74. The van der Waals surface area contributed by atoms with E-state index in [1.807, 2.05) is 79.3 Å². The standard InChI is InChI=1S/C46H47ClN8O6S/c1-5-55-27-31(25-50-55)43-40(33-14-15-37(42(47)29(33)2)59-23-22-54-20-18-53(3)19-21-54)41-39(26-49-43)62-52-45(41)61-38(46(56)57)24-30-10-6-8-12-35(30)60-28-32-16-17-48-44(51-32)34-11-7-9-13-36(34)58-4/h6-17,25-27,38H,5,18-24,28H2,1-4H3,(H,56,57)/t38-/m1/s1. The average Bonchev–Trinajstić information content (AvgIpc) is 3.95. The molecular formula is C46H47ClN8O6S. The summed E-state index contributed by atoms with van der Waals surface area (Å²) in [6.45, 7) is 10.1. The summed E-state index contributed by atoms with van der Waals surface area (Å²) >= 11 is 8.28. The minimum atomic E-state index is -1.32. The lowest BCUT2D eigenvalue weighted by Gasteiger charge is -2.32. The van der Waals surface area contributed by atoms with Crippen LogP contribution in [0.25, 0.3) is 43.9 Å². The van der Waals surface area contributed by atoms with Gasteiger partial charge in [0.05, 0.1) is 45.4 Å². The molecule has 0 radical (unpaired) electrons. The van der Waals surface area contributed by atoms with E-state index in [2.05, 4.69) is 31.3 Å². The van der Waals surface area contributed by atoms with E-state index in [9.17, 15) is 9.90 Å². The molecule has 0 bridgehead atoms. The second-order valence-corrected chi connectivity index (χ2v) is 16.1. The van der Waals surface area contributed by atoms with Crippen LogP contribution in [0.15, 0.2) is 91.5 Å². The number of fused-ring (bicyclic) bond motifs is 1. The quantitative estimate of drug-likeness (QED) is 0.0944. The highest BCUT2D eigenvalue weighted by Crippen LogP contribution is 2.46. The van der Waals surface area contributed by atoms with Crippen LogP contribution in [0.1, 0.15) is 23.7 Å². The Balaban J connectivity index is 1.08. The molecule has 4 aromatic heterocycles. The molecule has 5 heterocycles. The number of carbonyl (C=O) groups is 1. The Kier molecular flexibility index (Phi) is 13.2. The Morgan fingerprint density at radius 2 is 1.73 bits per heavy atom. The van der Waals surface area contributed by atoms with E-state index in [4.69, 9.17) is 40.5 Å². The van der Waals surface area contributed by atoms with Gasteiger partial charge in [0.15, 0.2) is 5.82 Å². The molecule has 1 fully saturated rings. The summed E-state index contributed by atoms with van der Waals surface area (Å²) in [6, 6.07) is 20.5. The van der Waals surface area contributed by atoms with E-state index in [0.29, 0.717) is 69.1 Å². The van der Waals surface area contributed by atoms with Gasteiger partial charge in [-0.1, -0.05) is 48.0 Å². The summed E-state index contributed by atoms with van der Waals surface area (Å²) in [6.07, 6.45) is 5.77. The molecule has 7 aromatic rings. The Labute approximate surface area is 368 Å². The lowest BCUT2D eigenvalue weighted by atomic mass is 9.94. The lowest BCUT2D eigenvalue weighted by Crippen LogP contribution is -2.45. The zero-order valence-corrected chi connectivity index (χ0v) is 36.5. The Hall–Kier alpha value is -6.13. The summed E-state index contributed by atoms with van der Waals surface area (Å²) in [4.78, 5) is 31.8. The average molecular weight is 875 g/mol. The first-order chi connectivity index (χ1) is 30.2. The number of aliphatic carboxylic acids is 1. The van der Waals surface area contributed by atoms with Crippen LogP contribution in [-0.2, 0) is 24.4 Å². The number of para-hydroxylation sites is 2. The molecule has 1 aliphatic heterocycles. The zero-order chi connectivity index (χ0) is 43.2. The molecule has 1 atom stereocenters. The van der Waals surface area contributed by atoms with E-state index in [1.165, 1.54) is 11.5 Å². The molecule has 8 rings (SSSR count). The molecule has 0 aliphatic carbocycles. The van der Waals surface area contributed by atoms with Gasteiger partial charge in [-0.2, -0.15) is 9.47 Å². The van der Waals surface area contributed by atoms with Gasteiger partial charge in [-0.15, -0.1) is 0 Å². The number of piperazine rings is 1. The smallest absolute Gasteiger partial charge is 0.345 e. The number of aryl methyl sites for hydroxylation is 1. The molecule has 3 aromatic carbocycles. The van der Waals surface area contributed by atoms with Crippen LogP contribution in [0.5, 0.6) is 23.1 Å². The number of methoxy groups -OCH3 is 1. The Morgan fingerprint density at radius 3 is 2.50 bits per heavy atom. The van der Waals surface area contributed by atoms with Crippen LogP contribution in [-0.4, -0.2) is 110 Å². The van der Waals surface area contributed by atoms with Crippen molar-refractivity contribution >= 4 is 39.2 Å². The number of benzene rings is 3. The number of hydrogen-bond acceptors (Lipinski definition) is 13. The fourth-order valence-corrected chi connectivity index (χ4v) is 8.36. The largest absolute Gasteiger partial charge is 0.496 e. The van der Waals surface area contributed by atoms with Crippen molar-refractivity contribution in [3.63, 3.8) is 0 Å². The number of nitrogens with zero attached hydrogens (tertiary/aromatic N) is 8. The first-order valence-electron chi connectivity index (χ1n) is 20.4. The van der Waals surface area contributed by atoms with Crippen LogP contribution >= 0.6 is 23.1 Å². The predicted molar refractivity (Wildman–Crippen MR) is 239 cm³/mol. The van der Waals surface area contributed by atoms with E-state index >= 15 is 0 Å². The van der Waals surface area contributed by atoms with Crippen LogP contribution in [0.3, 0.4) is 0 Å². The van der Waals surface area contributed by atoms with Gasteiger partial charge >= 0.3 is 5.97 Å². The number of likely N-dealkylation sites (N-methyl/N-ethyl adjacent to an activating group) is 1. The van der Waals surface area contributed by atoms with Crippen molar-refractivity contribution in [2.24, 2.45) is 0 Å². The first kappa shape index (κ1) is 42.6. The number of aromatic nitrogens is 6. The first-order valence-corrected chi connectivity index (χ1v) is 21.6. The molecule has 0 amide bonds. The summed E-state index contributed by atoms with van der Waals surface area (Å²) < 4.78 is 31.7. The topological polar surface area (TPSA) is 150 Å². The van der Waals surface area contributed by atoms with Gasteiger partial charge in [-0.25, -0.2) is 14.8 Å². The van der Waals surface area contributed by atoms with Crippen LogP contribution < -0.4 is 18.9 Å². The number of rotatable bonds is 17. The zero-order valence-electron chi connectivity index (χ0n) is 35.0. The predicted octanol–water partition coefficient (Wildman–Crippen LogP) is 7.95. The van der Waals surface area contributed by atoms with E-state index < -0.39 is 12.1 Å². The maximum absolute atomic E-state index is 13.0. The highest BCUT2D eigenvalue weighted by Gasteiger charge is 2.28. The van der Waals surface area contributed by atoms with Crippen LogP contribution in [0.4, 0.5) is 0 Å². The molecule has 0 unspecified atom stereocenters. The van der Waals surface area contributed by atoms with Crippen molar-refractivity contribution < 1.29 is 28.8 Å². The summed E-state index contributed by atoms with van der Waals surface area (Å²) in [5.41, 5.74) is 5.71. The Bertz CT molecular complexity index is 2680. The Morgan fingerprint density at radius 1 is 0.935 bits per heavy atom. The molecule has 1 aliphatic rings. The normalized spacial score (nSPS) is 13.9. The van der Waals surface area contributed by atoms with E-state index in [-0.39, 0.29) is 18.9 Å². The van der Waals surface area contributed by atoms with Crippen molar-refractivity contribution in [2.75, 3.05) is 53.5 Å². The molecule has 1 N–H and O–H groups in total. The molecule has 1 saturated heterocycles. The van der Waals surface area contributed by atoms with Crippen molar-refractivity contribution in [1.29, 1.82) is 0 Å². The number of carboxylic acid groups (broad SMARTS) is 1. The van der Waals surface area contributed by atoms with Crippen molar-refractivity contribution in [2.45, 2.75) is 39.5 Å². The molecule has 16 heteroatoms. The maximum Gasteiger partial charge on any atom is 0.345 e. The minimum absolute atomic E-state index is 0.0116. The van der Waals surface area contributed by atoms with Gasteiger partial charge in [-0.05, 0) is 79.4 Å². The number of ether oxygens (including phenoxy) is 4. The lowest BCUT2D eigenvalue weighted by molar-refractivity contribution is -0.145. The number of carboxylic acids is 1. The van der Waals surface area contributed by atoms with E-state index in [1.54, 1.807) is 37.8 Å². The molecule has 320 valence electrons. The fourth-order valence-electron chi connectivity index (χ4n) is 7.45. The molecule has 0 spiro atoms. The number of halogens is 1. The SMILES string of the molecule is CCn1cc(-c2ncc3snc(O[C@H](Cc4ccccc4OCc4ccnc(-c5ccccc5OC)n4)C(=O)O)c3c2-c2ccc(OCCN3CCN(C)CC3)c(Cl)c2C)cn1. The highest BCUT2D eigenvalue weighted by atomic mass is 35.5. The minimum Gasteiger partial charge on any atom is -0.496 e. The highest BCUT2D eigenvalue weighted by molar-refractivity contribution is 7.13. The maximum atomic E-state index is 13.0. The van der Waals surface area contributed by atoms with Gasteiger partial charge in [0.1, 0.15) is 30.5 Å². The van der Waals surface area contributed by atoms with Crippen molar-refractivity contribution in [3.8, 4) is 56.9 Å². The van der Waals surface area contributed by atoms with Gasteiger partial charge in [0.2, 0.25) is 12.0 Å². The third-order valence-corrected chi connectivity index (χ3v) is 12.2. The molecule has 0 saturated carbocycles. The van der Waals surface area contributed by atoms with Gasteiger partial charge in [0.25, 0.3) is 0 Å². The second kappa shape index (κ2) is 19.3. The van der Waals surface area contributed by atoms with Gasteiger partial charge in [0, 0.05) is 75.4 Å². The molecular weight excluding hydrogens is 828 g/mol. The van der Waals surface area contributed by atoms with Gasteiger partial charge < -0.3 is 29.0 Å². The van der Waals surface area contributed by atoms with E-state index in [0.717, 1.165) is 59.7 Å². The third kappa shape index (κ3) is 9.36. The monoisotopic (exact) mass is 874 g/mol. The summed E-state index contributed by atoms with van der Waals surface area (Å²) in [5, 5.41) is 16.3.